The lowest BCUT2D eigenvalue weighted by molar-refractivity contribution is -0.250. The molecule has 2 N–H and O–H groups in total. The van der Waals surface area contributed by atoms with Gasteiger partial charge in [-0.25, -0.2) is 8.42 Å². The molecule has 318 valence electrons. The van der Waals surface area contributed by atoms with Crippen molar-refractivity contribution in [3.05, 3.63) is 0 Å². The standard InChI is InChI=1S/C47H78N2O6S/c1-29(2)34(49-23-25-56(53,54)26-24-49)28-48-47-18-13-30(43(7)19-20-43)38(47)31-11-12-36-44(8)16-15-37(55-40(52)33-27-32(39(50)51)41(33,3)4)42(5,6)35(44)14-17-46(36,10)45(31,9)21-22-47/h29-38,48H,11-28H2,1-10H3,(H,50,51)/t30-,31-,32+,33-,34+,35+,36?,37+,38-,44+,45-,46-,47+/m1/s1. The number of carboxylic acid groups (broad SMARTS) is 1. The lowest BCUT2D eigenvalue weighted by atomic mass is 9.32. The first-order valence-electron chi connectivity index (χ1n) is 23.1. The maximum absolute atomic E-state index is 13.7. The third-order valence-electron chi connectivity index (χ3n) is 20.7. The van der Waals surface area contributed by atoms with E-state index in [1.54, 1.807) is 0 Å². The molecule has 1 saturated heterocycles. The molecule has 0 radical (unpaired) electrons. The molecule has 13 atom stereocenters. The largest absolute Gasteiger partial charge is 0.481 e. The van der Waals surface area contributed by atoms with Crippen molar-refractivity contribution in [1.29, 1.82) is 0 Å². The van der Waals surface area contributed by atoms with Crippen LogP contribution in [0.3, 0.4) is 0 Å². The number of fused-ring (bicyclic) bond motifs is 7. The predicted octanol–water partition coefficient (Wildman–Crippen LogP) is 8.62. The Labute approximate surface area is 340 Å². The second kappa shape index (κ2) is 13.4. The number of nitrogens with one attached hydrogen (secondary N) is 1. The van der Waals surface area contributed by atoms with Crippen molar-refractivity contribution in [3.8, 4) is 0 Å². The van der Waals surface area contributed by atoms with Gasteiger partial charge < -0.3 is 15.2 Å². The molecule has 0 aromatic heterocycles. The van der Waals surface area contributed by atoms with Crippen LogP contribution in [0.5, 0.6) is 0 Å². The van der Waals surface area contributed by atoms with Crippen LogP contribution in [0.15, 0.2) is 0 Å². The fourth-order valence-corrected chi connectivity index (χ4v) is 17.8. The maximum atomic E-state index is 13.7. The van der Waals surface area contributed by atoms with Crippen molar-refractivity contribution in [2.24, 2.45) is 79.8 Å². The zero-order valence-corrected chi connectivity index (χ0v) is 37.7. The quantitative estimate of drug-likeness (QED) is 0.223. The highest BCUT2D eigenvalue weighted by Crippen LogP contribution is 2.78. The molecule has 1 heterocycles. The van der Waals surface area contributed by atoms with E-state index in [2.05, 4.69) is 65.6 Å². The Balaban J connectivity index is 1.02. The van der Waals surface area contributed by atoms with Gasteiger partial charge >= 0.3 is 11.9 Å². The predicted molar refractivity (Wildman–Crippen MR) is 222 cm³/mol. The number of esters is 1. The summed E-state index contributed by atoms with van der Waals surface area (Å²) in [6, 6.07) is 0.354. The van der Waals surface area contributed by atoms with E-state index in [1.807, 2.05) is 13.8 Å². The van der Waals surface area contributed by atoms with E-state index in [1.165, 1.54) is 64.2 Å². The van der Waals surface area contributed by atoms with Gasteiger partial charge in [-0.1, -0.05) is 69.2 Å². The van der Waals surface area contributed by atoms with Gasteiger partial charge in [0.15, 0.2) is 9.84 Å². The summed E-state index contributed by atoms with van der Waals surface area (Å²) in [5.41, 5.74) is 0.652. The fraction of sp³-hybridized carbons (Fsp3) is 0.957. The number of carbonyl (C=O) groups is 2. The van der Waals surface area contributed by atoms with Crippen LogP contribution < -0.4 is 5.32 Å². The number of sulfone groups is 1. The summed E-state index contributed by atoms with van der Waals surface area (Å²) in [5, 5.41) is 14.1. The minimum Gasteiger partial charge on any atom is -0.481 e. The van der Waals surface area contributed by atoms with Gasteiger partial charge in [0.1, 0.15) is 6.10 Å². The van der Waals surface area contributed by atoms with Crippen LogP contribution in [0.25, 0.3) is 0 Å². The molecule has 8 nitrogen and oxygen atoms in total. The van der Waals surface area contributed by atoms with Gasteiger partial charge in [-0.2, -0.15) is 0 Å². The molecule has 7 saturated carbocycles. The second-order valence-electron chi connectivity index (χ2n) is 23.8. The molecule has 0 aromatic carbocycles. The van der Waals surface area contributed by atoms with Crippen molar-refractivity contribution in [3.63, 3.8) is 0 Å². The Hall–Kier alpha value is -1.19. The van der Waals surface area contributed by atoms with E-state index in [9.17, 15) is 23.1 Å². The number of ether oxygens (including phenoxy) is 1. The third-order valence-corrected chi connectivity index (χ3v) is 22.3. The first kappa shape index (κ1) is 41.5. The Bertz CT molecular complexity index is 1670. The van der Waals surface area contributed by atoms with E-state index >= 15 is 0 Å². The Morgan fingerprint density at radius 1 is 0.750 bits per heavy atom. The van der Waals surface area contributed by atoms with E-state index in [0.717, 1.165) is 25.3 Å². The summed E-state index contributed by atoms with van der Waals surface area (Å²) in [7, 11) is -2.91. The minimum absolute atomic E-state index is 0.132. The average molecular weight is 799 g/mol. The number of carboxylic acids is 1. The molecule has 1 aliphatic heterocycles. The number of rotatable bonds is 9. The Kier molecular flexibility index (Phi) is 9.94. The number of carbonyl (C=O) groups excluding carboxylic acids is 1. The van der Waals surface area contributed by atoms with Crippen LogP contribution >= 0.6 is 0 Å². The number of nitrogens with zero attached hydrogens (tertiary/aromatic N) is 1. The molecular weight excluding hydrogens is 721 g/mol. The van der Waals surface area contributed by atoms with Crippen molar-refractivity contribution in [2.75, 3.05) is 31.1 Å². The van der Waals surface area contributed by atoms with Crippen LogP contribution in [0, 0.1) is 79.8 Å². The monoisotopic (exact) mass is 799 g/mol. The summed E-state index contributed by atoms with van der Waals surface area (Å²) < 4.78 is 31.2. The molecule has 0 bridgehead atoms. The summed E-state index contributed by atoms with van der Waals surface area (Å²) in [6.07, 6.45) is 15.2. The molecule has 8 aliphatic rings. The minimum atomic E-state index is -2.91. The van der Waals surface area contributed by atoms with Crippen LogP contribution in [0.4, 0.5) is 0 Å². The van der Waals surface area contributed by atoms with Gasteiger partial charge in [0.25, 0.3) is 0 Å². The lowest BCUT2D eigenvalue weighted by Gasteiger charge is -2.73. The first-order chi connectivity index (χ1) is 26.0. The van der Waals surface area contributed by atoms with Crippen LogP contribution in [0.1, 0.15) is 153 Å². The normalized spacial score (nSPS) is 47.6. The van der Waals surface area contributed by atoms with Crippen molar-refractivity contribution < 1.29 is 27.9 Å². The number of hydrogen-bond acceptors (Lipinski definition) is 7. The Morgan fingerprint density at radius 2 is 1.43 bits per heavy atom. The van der Waals surface area contributed by atoms with Crippen molar-refractivity contribution >= 4 is 21.8 Å². The van der Waals surface area contributed by atoms with E-state index < -0.39 is 27.1 Å². The highest BCUT2D eigenvalue weighted by Gasteiger charge is 2.72. The average Bonchev–Trinajstić information content (AvgIpc) is 3.72. The van der Waals surface area contributed by atoms with Gasteiger partial charge in [-0.3, -0.25) is 14.5 Å². The van der Waals surface area contributed by atoms with Crippen LogP contribution in [-0.2, 0) is 24.2 Å². The van der Waals surface area contributed by atoms with Gasteiger partial charge in [-0.05, 0) is 146 Å². The van der Waals surface area contributed by atoms with Crippen LogP contribution in [-0.4, -0.2) is 79.2 Å². The summed E-state index contributed by atoms with van der Waals surface area (Å²) in [5.74, 6) is 2.53. The van der Waals surface area contributed by atoms with E-state index in [-0.39, 0.29) is 45.2 Å². The zero-order chi connectivity index (χ0) is 40.6. The number of aliphatic carboxylic acids is 1. The molecule has 0 amide bonds. The molecule has 9 heteroatoms. The maximum Gasteiger partial charge on any atom is 0.309 e. The smallest absolute Gasteiger partial charge is 0.309 e. The van der Waals surface area contributed by atoms with Gasteiger partial charge in [0, 0.05) is 36.6 Å². The number of hydrogen-bond donors (Lipinski definition) is 2. The van der Waals surface area contributed by atoms with Crippen LogP contribution in [0.2, 0.25) is 0 Å². The molecule has 56 heavy (non-hydrogen) atoms. The topological polar surface area (TPSA) is 113 Å². The Morgan fingerprint density at radius 3 is 2.04 bits per heavy atom. The summed E-state index contributed by atoms with van der Waals surface area (Å²) in [4.78, 5) is 28.0. The van der Waals surface area contributed by atoms with Crippen molar-refractivity contribution in [1.82, 2.24) is 10.2 Å². The van der Waals surface area contributed by atoms with E-state index in [0.29, 0.717) is 72.1 Å². The van der Waals surface area contributed by atoms with Crippen molar-refractivity contribution in [2.45, 2.75) is 170 Å². The molecule has 8 fully saturated rings. The first-order valence-corrected chi connectivity index (χ1v) is 24.9. The highest BCUT2D eigenvalue weighted by atomic mass is 32.2. The molecule has 8 rings (SSSR count). The second-order valence-corrected chi connectivity index (χ2v) is 26.1. The molecule has 1 unspecified atom stereocenters. The summed E-state index contributed by atoms with van der Waals surface area (Å²) >= 11 is 0. The third kappa shape index (κ3) is 6.07. The molecule has 0 spiro atoms. The van der Waals surface area contributed by atoms with E-state index in [4.69, 9.17) is 4.74 Å². The summed E-state index contributed by atoms with van der Waals surface area (Å²) in [6.45, 7) is 26.2. The zero-order valence-electron chi connectivity index (χ0n) is 36.8. The van der Waals surface area contributed by atoms with Gasteiger partial charge in [0.2, 0.25) is 0 Å². The molecule has 0 aromatic rings. The SMILES string of the molecule is CC(C)[C@H](CN[C@]12CC[C@@H](C3(C)CC3)[C@@H]1[C@H]1CCC3[C@@]4(C)CC[C@H](OC(=O)[C@H]5C[C@@H](C(=O)O)C5(C)C)C(C)(C)[C@@H]4CC[C@@]3(C)[C@]1(C)CC2)N1CCS(=O)(=O)CC1. The lowest BCUT2D eigenvalue weighted by Crippen LogP contribution is -2.69. The fourth-order valence-electron chi connectivity index (χ4n) is 16.6. The molecule has 7 aliphatic carbocycles. The van der Waals surface area contributed by atoms with Gasteiger partial charge in [-0.15, -0.1) is 0 Å². The highest BCUT2D eigenvalue weighted by molar-refractivity contribution is 7.91. The van der Waals surface area contributed by atoms with Gasteiger partial charge in [0.05, 0.1) is 23.3 Å². The molecular formula is C47H78N2O6S.